The third-order valence-corrected chi connectivity index (χ3v) is 8.37. The van der Waals surface area contributed by atoms with Gasteiger partial charge in [-0.05, 0) is 86.9 Å². The molecular weight excluding hydrogens is 517 g/mol. The Bertz CT molecular complexity index is 1320. The smallest absolute Gasteiger partial charge is 0.308 e. The van der Waals surface area contributed by atoms with E-state index in [1.165, 1.54) is 29.0 Å². The van der Waals surface area contributed by atoms with Gasteiger partial charge in [0.2, 0.25) is 0 Å². The van der Waals surface area contributed by atoms with Crippen molar-refractivity contribution in [2.45, 2.75) is 116 Å². The minimum absolute atomic E-state index is 0.0392. The van der Waals surface area contributed by atoms with Crippen LogP contribution in [0.4, 0.5) is 4.39 Å². The number of ether oxygens (including phenoxy) is 3. The Balaban J connectivity index is 1.49. The quantitative estimate of drug-likeness (QED) is 0.246. The molecule has 1 unspecified atom stereocenters. The van der Waals surface area contributed by atoms with Crippen LogP contribution in [0.15, 0.2) is 54.6 Å². The minimum Gasteiger partial charge on any atom is -0.463 e. The molecule has 2 atom stereocenters. The number of hydrogen-bond donors (Lipinski definition) is 0. The topological polar surface area (TPSA) is 49.7 Å². The molecule has 1 spiro atoms. The summed E-state index contributed by atoms with van der Waals surface area (Å²) >= 11 is 0. The maximum Gasteiger partial charge on any atom is 0.308 e. The molecule has 0 amide bonds. The first-order valence-electron chi connectivity index (χ1n) is 15.2. The highest BCUT2D eigenvalue weighted by atomic mass is 19.1. The lowest BCUT2D eigenvalue weighted by Gasteiger charge is -2.43. The number of nitrogens with zero attached hydrogens (tertiary/aromatic N) is 1. The molecule has 2 heterocycles. The van der Waals surface area contributed by atoms with Crippen LogP contribution in [0.1, 0.15) is 89.8 Å². The van der Waals surface area contributed by atoms with Gasteiger partial charge in [0.1, 0.15) is 5.82 Å². The lowest BCUT2D eigenvalue weighted by molar-refractivity contribution is -0.315. The van der Waals surface area contributed by atoms with Crippen molar-refractivity contribution in [1.29, 1.82) is 0 Å². The van der Waals surface area contributed by atoms with Gasteiger partial charge in [-0.1, -0.05) is 44.2 Å². The normalized spacial score (nSPS) is 20.3. The van der Waals surface area contributed by atoms with E-state index in [-0.39, 0.29) is 36.5 Å². The van der Waals surface area contributed by atoms with Crippen LogP contribution in [0.5, 0.6) is 0 Å². The van der Waals surface area contributed by atoms with E-state index in [1.807, 2.05) is 32.0 Å². The summed E-state index contributed by atoms with van der Waals surface area (Å²) in [5.41, 5.74) is 6.98. The molecule has 1 aromatic heterocycles. The van der Waals surface area contributed by atoms with Crippen molar-refractivity contribution < 1.29 is 23.4 Å². The SMILES string of the molecule is Cc1c(-c2ccccc2)c(-c2ccc(F)cc2)n(CC[C@@H]2CC(CC(=O)OC(C)C)OC3(CCCC3)O2)c1C(C)C. The van der Waals surface area contributed by atoms with Gasteiger partial charge in [-0.2, -0.15) is 0 Å². The predicted molar refractivity (Wildman–Crippen MR) is 160 cm³/mol. The van der Waals surface area contributed by atoms with Crippen LogP contribution >= 0.6 is 0 Å². The fourth-order valence-electron chi connectivity index (χ4n) is 6.85. The Morgan fingerprint density at radius 3 is 2.27 bits per heavy atom. The molecule has 0 bridgehead atoms. The second-order valence-corrected chi connectivity index (χ2v) is 12.3. The highest BCUT2D eigenvalue weighted by molar-refractivity contribution is 5.85. The van der Waals surface area contributed by atoms with Gasteiger partial charge >= 0.3 is 5.97 Å². The second-order valence-electron chi connectivity index (χ2n) is 12.3. The third-order valence-electron chi connectivity index (χ3n) is 8.37. The lowest BCUT2D eigenvalue weighted by Crippen LogP contribution is -2.47. The van der Waals surface area contributed by atoms with Gasteiger partial charge in [0.15, 0.2) is 5.79 Å². The highest BCUT2D eigenvalue weighted by Gasteiger charge is 2.45. The van der Waals surface area contributed by atoms with Crippen molar-refractivity contribution in [1.82, 2.24) is 4.57 Å². The third kappa shape index (κ3) is 6.60. The Morgan fingerprint density at radius 2 is 1.63 bits per heavy atom. The van der Waals surface area contributed by atoms with Gasteiger partial charge < -0.3 is 18.8 Å². The van der Waals surface area contributed by atoms with Gasteiger partial charge in [0.05, 0.1) is 30.4 Å². The predicted octanol–water partition coefficient (Wildman–Crippen LogP) is 8.57. The van der Waals surface area contributed by atoms with E-state index >= 15 is 0 Å². The van der Waals surface area contributed by atoms with Crippen LogP contribution in [-0.4, -0.2) is 34.6 Å². The van der Waals surface area contributed by atoms with E-state index in [2.05, 4.69) is 49.6 Å². The summed E-state index contributed by atoms with van der Waals surface area (Å²) in [6.45, 7) is 11.2. The first kappa shape index (κ1) is 29.5. The van der Waals surface area contributed by atoms with Crippen molar-refractivity contribution in [2.24, 2.45) is 0 Å². The second kappa shape index (κ2) is 12.5. The number of benzene rings is 2. The molecular formula is C35H44FNO4. The van der Waals surface area contributed by atoms with Gasteiger partial charge in [0.25, 0.3) is 0 Å². The monoisotopic (exact) mass is 561 g/mol. The van der Waals surface area contributed by atoms with E-state index in [1.54, 1.807) is 0 Å². The molecule has 220 valence electrons. The Labute approximate surface area is 244 Å². The van der Waals surface area contributed by atoms with Crippen LogP contribution in [0.3, 0.4) is 0 Å². The molecule has 5 rings (SSSR count). The van der Waals surface area contributed by atoms with Crippen molar-refractivity contribution in [3.05, 3.63) is 71.7 Å². The molecule has 3 aromatic rings. The summed E-state index contributed by atoms with van der Waals surface area (Å²) in [6, 6.07) is 17.3. The van der Waals surface area contributed by atoms with Gasteiger partial charge in [-0.15, -0.1) is 0 Å². The van der Waals surface area contributed by atoms with Crippen LogP contribution in [-0.2, 0) is 25.5 Å². The first-order chi connectivity index (χ1) is 19.7. The lowest BCUT2D eigenvalue weighted by atomic mass is 9.96. The van der Waals surface area contributed by atoms with Gasteiger partial charge in [-0.3, -0.25) is 4.79 Å². The molecule has 5 nitrogen and oxygen atoms in total. The molecule has 1 saturated heterocycles. The summed E-state index contributed by atoms with van der Waals surface area (Å²) in [7, 11) is 0. The maximum atomic E-state index is 14.0. The molecule has 41 heavy (non-hydrogen) atoms. The summed E-state index contributed by atoms with van der Waals surface area (Å²) in [4.78, 5) is 12.6. The number of hydrogen-bond acceptors (Lipinski definition) is 4. The van der Waals surface area contributed by atoms with Crippen molar-refractivity contribution in [3.8, 4) is 22.4 Å². The van der Waals surface area contributed by atoms with Gasteiger partial charge in [0, 0.05) is 37.1 Å². The highest BCUT2D eigenvalue weighted by Crippen LogP contribution is 2.44. The van der Waals surface area contributed by atoms with Crippen LogP contribution in [0, 0.1) is 12.7 Å². The van der Waals surface area contributed by atoms with E-state index in [9.17, 15) is 9.18 Å². The summed E-state index contributed by atoms with van der Waals surface area (Å²) < 4.78 is 35.0. The number of esters is 1. The zero-order valence-electron chi connectivity index (χ0n) is 25.1. The first-order valence-corrected chi connectivity index (χ1v) is 15.2. The van der Waals surface area contributed by atoms with Crippen LogP contribution in [0.25, 0.3) is 22.4 Å². The number of rotatable bonds is 9. The number of carbonyl (C=O) groups is 1. The van der Waals surface area contributed by atoms with E-state index < -0.39 is 5.79 Å². The minimum atomic E-state index is -0.603. The van der Waals surface area contributed by atoms with Crippen molar-refractivity contribution in [3.63, 3.8) is 0 Å². The summed E-state index contributed by atoms with van der Waals surface area (Å²) in [6.07, 6.45) is 5.15. The maximum absolute atomic E-state index is 14.0. The largest absolute Gasteiger partial charge is 0.463 e. The summed E-state index contributed by atoms with van der Waals surface area (Å²) in [5.74, 6) is -0.766. The van der Waals surface area contributed by atoms with Crippen molar-refractivity contribution >= 4 is 5.97 Å². The number of aromatic nitrogens is 1. The molecule has 1 aliphatic heterocycles. The fourth-order valence-corrected chi connectivity index (χ4v) is 6.85. The fraction of sp³-hybridized carbons (Fsp3) is 0.514. The molecule has 2 aliphatic rings. The average molecular weight is 562 g/mol. The van der Waals surface area contributed by atoms with E-state index in [4.69, 9.17) is 14.2 Å². The molecule has 2 aromatic carbocycles. The summed E-state index contributed by atoms with van der Waals surface area (Å²) in [5, 5.41) is 0. The van der Waals surface area contributed by atoms with E-state index in [0.717, 1.165) is 55.5 Å². The number of carbonyl (C=O) groups excluding carboxylic acids is 1. The van der Waals surface area contributed by atoms with Crippen molar-refractivity contribution in [2.75, 3.05) is 0 Å². The molecule has 6 heteroatoms. The zero-order chi connectivity index (χ0) is 29.1. The standard InChI is InChI=1S/C35H44FNO4/c1-23(2)33-25(5)32(26-11-7-6-8-12-26)34(27-13-15-28(36)16-14-27)37(33)20-17-29-21-30(22-31(38)39-24(3)4)41-35(40-29)18-9-10-19-35/h6-8,11-16,23-24,29-30H,9-10,17-22H2,1-5H3/t29-,30?/m1/s1. The molecule has 1 saturated carbocycles. The Hall–Kier alpha value is -2.96. The molecule has 0 radical (unpaired) electrons. The Morgan fingerprint density at radius 1 is 0.976 bits per heavy atom. The molecule has 1 aliphatic carbocycles. The van der Waals surface area contributed by atoms with Gasteiger partial charge in [-0.25, -0.2) is 4.39 Å². The number of halogens is 1. The van der Waals surface area contributed by atoms with Crippen LogP contribution in [0.2, 0.25) is 0 Å². The average Bonchev–Trinajstić information content (AvgIpc) is 3.48. The Kier molecular flexibility index (Phi) is 9.00. The van der Waals surface area contributed by atoms with E-state index in [0.29, 0.717) is 12.3 Å². The molecule has 2 fully saturated rings. The zero-order valence-corrected chi connectivity index (χ0v) is 25.1. The van der Waals surface area contributed by atoms with Crippen LogP contribution < -0.4 is 0 Å². The molecule has 0 N–H and O–H groups in total.